The molecule has 3 heterocycles. The third-order valence-electron chi connectivity index (χ3n) is 4.98. The molecule has 0 spiro atoms. The Morgan fingerprint density at radius 1 is 1.24 bits per heavy atom. The molecule has 1 fully saturated rings. The average Bonchev–Trinajstić information content (AvgIpc) is 3.40. The van der Waals surface area contributed by atoms with Crippen molar-refractivity contribution in [2.45, 2.75) is 32.0 Å². The first-order valence-corrected chi connectivity index (χ1v) is 10.6. The molecule has 152 valence electrons. The van der Waals surface area contributed by atoms with E-state index in [0.717, 1.165) is 17.4 Å². The van der Waals surface area contributed by atoms with Crippen molar-refractivity contribution >= 4 is 39.1 Å². The van der Waals surface area contributed by atoms with Gasteiger partial charge in [-0.05, 0) is 35.9 Å². The molecule has 0 aliphatic carbocycles. The van der Waals surface area contributed by atoms with Crippen LogP contribution in [0.2, 0.25) is 5.02 Å². The molecule has 1 aromatic carbocycles. The number of nitrogens with one attached hydrogen (secondary N) is 1. The Kier molecular flexibility index (Phi) is 5.84. The highest BCUT2D eigenvalue weighted by molar-refractivity contribution is 7.17. The molecule has 3 aromatic rings. The molecule has 29 heavy (non-hydrogen) atoms. The Morgan fingerprint density at radius 2 is 2.07 bits per heavy atom. The standard InChI is InChI=1S/C20H20ClN3O4S/c21-15-6-2-1-4-13(15)11-24-19(26)18-16(7-9-29-18)23(20(24)27)12-17(25)22-10-14-5-3-8-28-14/h1-2,4,6-7,9,14H,3,5,8,10-12H2,(H,22,25)/t14-/m1/s1. The summed E-state index contributed by atoms with van der Waals surface area (Å²) in [7, 11) is 0. The lowest BCUT2D eigenvalue weighted by Crippen LogP contribution is -2.43. The van der Waals surface area contributed by atoms with Gasteiger partial charge in [0.25, 0.3) is 5.56 Å². The molecule has 0 radical (unpaired) electrons. The molecule has 4 rings (SSSR count). The number of aromatic nitrogens is 2. The van der Waals surface area contributed by atoms with Crippen molar-refractivity contribution in [2.75, 3.05) is 13.2 Å². The van der Waals surface area contributed by atoms with Gasteiger partial charge < -0.3 is 10.1 Å². The molecule has 1 atom stereocenters. The van der Waals surface area contributed by atoms with Crippen LogP contribution in [0.3, 0.4) is 0 Å². The molecule has 1 aliphatic heterocycles. The number of carbonyl (C=O) groups excluding carboxylic acids is 1. The van der Waals surface area contributed by atoms with Gasteiger partial charge in [-0.2, -0.15) is 0 Å². The smallest absolute Gasteiger partial charge is 0.332 e. The highest BCUT2D eigenvalue weighted by Crippen LogP contribution is 2.18. The number of nitrogens with zero attached hydrogens (tertiary/aromatic N) is 2. The summed E-state index contributed by atoms with van der Waals surface area (Å²) in [5.74, 6) is -0.293. The van der Waals surface area contributed by atoms with Crippen LogP contribution < -0.4 is 16.6 Å². The number of benzene rings is 1. The van der Waals surface area contributed by atoms with E-state index in [1.54, 1.807) is 35.7 Å². The van der Waals surface area contributed by atoms with Crippen molar-refractivity contribution in [3.05, 3.63) is 67.1 Å². The van der Waals surface area contributed by atoms with E-state index in [2.05, 4.69) is 5.32 Å². The van der Waals surface area contributed by atoms with Crippen LogP contribution in [0.25, 0.3) is 10.2 Å². The minimum absolute atomic E-state index is 0.0195. The Hall–Kier alpha value is -2.42. The Morgan fingerprint density at radius 3 is 2.83 bits per heavy atom. The maximum absolute atomic E-state index is 13.1. The second kappa shape index (κ2) is 8.52. The molecule has 2 aromatic heterocycles. The predicted molar refractivity (Wildman–Crippen MR) is 113 cm³/mol. The summed E-state index contributed by atoms with van der Waals surface area (Å²) in [6.45, 7) is 1.01. The lowest BCUT2D eigenvalue weighted by molar-refractivity contribution is -0.122. The van der Waals surface area contributed by atoms with Crippen LogP contribution in [0.4, 0.5) is 0 Å². The fourth-order valence-electron chi connectivity index (χ4n) is 3.45. The zero-order chi connectivity index (χ0) is 20.4. The highest BCUT2D eigenvalue weighted by atomic mass is 35.5. The van der Waals surface area contributed by atoms with Crippen molar-refractivity contribution in [3.63, 3.8) is 0 Å². The van der Waals surface area contributed by atoms with Crippen molar-refractivity contribution < 1.29 is 9.53 Å². The summed E-state index contributed by atoms with van der Waals surface area (Å²) < 4.78 is 8.42. The van der Waals surface area contributed by atoms with Gasteiger partial charge in [-0.15, -0.1) is 11.3 Å². The molecule has 1 saturated heterocycles. The van der Waals surface area contributed by atoms with Gasteiger partial charge in [-0.3, -0.25) is 18.7 Å². The largest absolute Gasteiger partial charge is 0.376 e. The first-order chi connectivity index (χ1) is 14.0. The van der Waals surface area contributed by atoms with Gasteiger partial charge in [-0.1, -0.05) is 29.8 Å². The maximum Gasteiger partial charge on any atom is 0.332 e. The summed E-state index contributed by atoms with van der Waals surface area (Å²) in [5, 5.41) is 5.04. The third-order valence-corrected chi connectivity index (χ3v) is 6.24. The van der Waals surface area contributed by atoms with E-state index >= 15 is 0 Å². The molecule has 0 bridgehead atoms. The lowest BCUT2D eigenvalue weighted by Gasteiger charge is -2.14. The minimum Gasteiger partial charge on any atom is -0.376 e. The van der Waals surface area contributed by atoms with Crippen molar-refractivity contribution in [2.24, 2.45) is 0 Å². The summed E-state index contributed by atoms with van der Waals surface area (Å²) in [4.78, 5) is 38.4. The maximum atomic E-state index is 13.1. The Bertz CT molecular complexity index is 1160. The van der Waals surface area contributed by atoms with E-state index in [9.17, 15) is 14.4 Å². The van der Waals surface area contributed by atoms with E-state index in [1.165, 1.54) is 15.9 Å². The van der Waals surface area contributed by atoms with Crippen molar-refractivity contribution in [1.82, 2.24) is 14.5 Å². The van der Waals surface area contributed by atoms with Crippen LogP contribution in [-0.4, -0.2) is 34.3 Å². The van der Waals surface area contributed by atoms with Crippen LogP contribution >= 0.6 is 22.9 Å². The van der Waals surface area contributed by atoms with E-state index in [4.69, 9.17) is 16.3 Å². The number of fused-ring (bicyclic) bond motifs is 1. The number of amides is 1. The van der Waals surface area contributed by atoms with Crippen LogP contribution in [-0.2, 0) is 22.6 Å². The van der Waals surface area contributed by atoms with Gasteiger partial charge >= 0.3 is 5.69 Å². The van der Waals surface area contributed by atoms with Crippen LogP contribution in [0.5, 0.6) is 0 Å². The third kappa shape index (κ3) is 4.14. The zero-order valence-electron chi connectivity index (χ0n) is 15.6. The number of rotatable bonds is 6. The number of carbonyl (C=O) groups is 1. The number of thiophene rings is 1. The molecule has 1 aliphatic rings. The van der Waals surface area contributed by atoms with Crippen molar-refractivity contribution in [1.29, 1.82) is 0 Å². The number of ether oxygens (including phenoxy) is 1. The van der Waals surface area contributed by atoms with Gasteiger partial charge in [0.15, 0.2) is 0 Å². The van der Waals surface area contributed by atoms with Gasteiger partial charge in [0.1, 0.15) is 11.2 Å². The highest BCUT2D eigenvalue weighted by Gasteiger charge is 2.19. The monoisotopic (exact) mass is 433 g/mol. The van der Waals surface area contributed by atoms with E-state index in [0.29, 0.717) is 34.0 Å². The Balaban J connectivity index is 1.65. The molecule has 1 amide bonds. The van der Waals surface area contributed by atoms with E-state index in [1.807, 2.05) is 0 Å². The van der Waals surface area contributed by atoms with Crippen LogP contribution in [0, 0.1) is 0 Å². The fourth-order valence-corrected chi connectivity index (χ4v) is 4.49. The lowest BCUT2D eigenvalue weighted by atomic mass is 10.2. The summed E-state index contributed by atoms with van der Waals surface area (Å²) in [6.07, 6.45) is 1.92. The summed E-state index contributed by atoms with van der Waals surface area (Å²) in [6, 6.07) is 8.75. The molecular weight excluding hydrogens is 414 g/mol. The minimum atomic E-state index is -0.534. The molecule has 0 saturated carbocycles. The van der Waals surface area contributed by atoms with Gasteiger partial charge in [0.2, 0.25) is 5.91 Å². The predicted octanol–water partition coefficient (Wildman–Crippen LogP) is 2.22. The van der Waals surface area contributed by atoms with Gasteiger partial charge in [0, 0.05) is 18.2 Å². The Labute approximate surface area is 175 Å². The molecular formula is C20H20ClN3O4S. The number of hydrogen-bond acceptors (Lipinski definition) is 5. The van der Waals surface area contributed by atoms with Gasteiger partial charge in [-0.25, -0.2) is 4.79 Å². The summed E-state index contributed by atoms with van der Waals surface area (Å²) >= 11 is 7.45. The second-order valence-corrected chi connectivity index (χ2v) is 8.25. The van der Waals surface area contributed by atoms with Crippen LogP contribution in [0.1, 0.15) is 18.4 Å². The fraction of sp³-hybridized carbons (Fsp3) is 0.350. The topological polar surface area (TPSA) is 82.3 Å². The SMILES string of the molecule is O=C(Cn1c(=O)n(Cc2ccccc2Cl)c(=O)c2sccc21)NC[C@H]1CCCO1. The van der Waals surface area contributed by atoms with E-state index < -0.39 is 5.69 Å². The molecule has 9 heteroatoms. The van der Waals surface area contributed by atoms with Crippen molar-refractivity contribution in [3.8, 4) is 0 Å². The second-order valence-electron chi connectivity index (χ2n) is 6.93. The number of hydrogen-bond donors (Lipinski definition) is 1. The number of halogens is 1. The first-order valence-electron chi connectivity index (χ1n) is 9.37. The average molecular weight is 434 g/mol. The normalized spacial score (nSPS) is 16.4. The van der Waals surface area contributed by atoms with E-state index in [-0.39, 0.29) is 30.7 Å². The quantitative estimate of drug-likeness (QED) is 0.646. The van der Waals surface area contributed by atoms with Crippen LogP contribution in [0.15, 0.2) is 45.3 Å². The molecule has 0 unspecified atom stereocenters. The molecule has 1 N–H and O–H groups in total. The first kappa shape index (κ1) is 19.9. The van der Waals surface area contributed by atoms with Gasteiger partial charge in [0.05, 0.1) is 18.2 Å². The molecule has 7 nitrogen and oxygen atoms in total. The summed E-state index contributed by atoms with van der Waals surface area (Å²) in [5.41, 5.74) is 0.218. The zero-order valence-corrected chi connectivity index (χ0v) is 17.2.